The number of nitrogens with one attached hydrogen (secondary N) is 1. The molecule has 1 N–H and O–H groups in total. The van der Waals surface area contributed by atoms with Crippen LogP contribution in [0.25, 0.3) is 0 Å². The molecule has 0 spiro atoms. The van der Waals surface area contributed by atoms with Crippen molar-refractivity contribution < 1.29 is 9.32 Å². The van der Waals surface area contributed by atoms with E-state index in [1.165, 1.54) is 0 Å². The third-order valence-electron chi connectivity index (χ3n) is 2.46. The Bertz CT molecular complexity index is 589. The second kappa shape index (κ2) is 5.00. The van der Waals surface area contributed by atoms with E-state index in [2.05, 4.69) is 10.5 Å². The molecular formula is C12H10Cl2N2O2. The molecule has 0 atom stereocenters. The third-order valence-corrected chi connectivity index (χ3v) is 3.28. The lowest BCUT2D eigenvalue weighted by Crippen LogP contribution is -2.13. The number of hydrogen-bond donors (Lipinski definition) is 1. The van der Waals surface area contributed by atoms with Crippen molar-refractivity contribution in [2.24, 2.45) is 0 Å². The van der Waals surface area contributed by atoms with Crippen molar-refractivity contribution in [1.82, 2.24) is 5.16 Å². The Morgan fingerprint density at radius 2 is 2.06 bits per heavy atom. The van der Waals surface area contributed by atoms with Crippen LogP contribution in [0.2, 0.25) is 10.0 Å². The van der Waals surface area contributed by atoms with Gasteiger partial charge in [0.05, 0.1) is 21.4 Å². The zero-order chi connectivity index (χ0) is 13.3. The van der Waals surface area contributed by atoms with Gasteiger partial charge in [0, 0.05) is 0 Å². The molecule has 0 saturated carbocycles. The summed E-state index contributed by atoms with van der Waals surface area (Å²) < 4.78 is 4.94. The number of benzene rings is 1. The number of carbonyl (C=O) groups excluding carboxylic acids is 1. The van der Waals surface area contributed by atoms with Crippen LogP contribution in [-0.2, 0) is 0 Å². The molecule has 94 valence electrons. The van der Waals surface area contributed by atoms with Crippen molar-refractivity contribution in [3.05, 3.63) is 45.3 Å². The number of hydrogen-bond acceptors (Lipinski definition) is 3. The first kappa shape index (κ1) is 12.9. The highest BCUT2D eigenvalue weighted by Crippen LogP contribution is 2.30. The van der Waals surface area contributed by atoms with Gasteiger partial charge in [-0.05, 0) is 26.0 Å². The van der Waals surface area contributed by atoms with E-state index < -0.39 is 0 Å². The zero-order valence-electron chi connectivity index (χ0n) is 9.75. The van der Waals surface area contributed by atoms with Gasteiger partial charge < -0.3 is 9.84 Å². The van der Waals surface area contributed by atoms with Gasteiger partial charge in [0.25, 0.3) is 5.91 Å². The number of halogens is 2. The average Bonchev–Trinajstić information content (AvgIpc) is 2.65. The van der Waals surface area contributed by atoms with Crippen molar-refractivity contribution in [1.29, 1.82) is 0 Å². The molecule has 0 fully saturated rings. The molecule has 6 heteroatoms. The molecule has 1 heterocycles. The van der Waals surface area contributed by atoms with Crippen LogP contribution < -0.4 is 5.32 Å². The fourth-order valence-corrected chi connectivity index (χ4v) is 1.94. The maximum atomic E-state index is 12.1. The Labute approximate surface area is 114 Å². The average molecular weight is 285 g/mol. The lowest BCUT2D eigenvalue weighted by molar-refractivity contribution is 0.102. The standard InChI is InChI=1S/C12H10Cl2N2O2/c1-6-10(7(2)18-16-6)12(17)15-9-5-3-4-8(13)11(9)14/h3-5H,1-2H3,(H,15,17). The topological polar surface area (TPSA) is 55.1 Å². The first-order chi connectivity index (χ1) is 8.50. The van der Waals surface area contributed by atoms with E-state index in [4.69, 9.17) is 27.7 Å². The maximum absolute atomic E-state index is 12.1. The first-order valence-electron chi connectivity index (χ1n) is 5.19. The normalized spacial score (nSPS) is 10.4. The summed E-state index contributed by atoms with van der Waals surface area (Å²) in [4.78, 5) is 12.1. The molecule has 4 nitrogen and oxygen atoms in total. The molecule has 2 rings (SSSR count). The molecule has 0 bridgehead atoms. The Morgan fingerprint density at radius 1 is 1.33 bits per heavy atom. The number of rotatable bonds is 2. The quantitative estimate of drug-likeness (QED) is 0.911. The number of nitrogens with zero attached hydrogens (tertiary/aromatic N) is 1. The zero-order valence-corrected chi connectivity index (χ0v) is 11.3. The van der Waals surface area contributed by atoms with Crippen molar-refractivity contribution in [3.63, 3.8) is 0 Å². The van der Waals surface area contributed by atoms with Crippen LogP contribution in [0.15, 0.2) is 22.7 Å². The van der Waals surface area contributed by atoms with Crippen LogP contribution in [0.1, 0.15) is 21.8 Å². The molecule has 1 aromatic heterocycles. The van der Waals surface area contributed by atoms with Crippen LogP contribution in [0.5, 0.6) is 0 Å². The first-order valence-corrected chi connectivity index (χ1v) is 5.94. The highest BCUT2D eigenvalue weighted by atomic mass is 35.5. The van der Waals surface area contributed by atoms with E-state index in [-0.39, 0.29) is 5.91 Å². The maximum Gasteiger partial charge on any atom is 0.261 e. The van der Waals surface area contributed by atoms with Gasteiger partial charge in [0.2, 0.25) is 0 Å². The number of amides is 1. The van der Waals surface area contributed by atoms with Crippen LogP contribution in [0, 0.1) is 13.8 Å². The summed E-state index contributed by atoms with van der Waals surface area (Å²) in [5, 5.41) is 7.09. The van der Waals surface area contributed by atoms with Gasteiger partial charge in [0.1, 0.15) is 11.3 Å². The van der Waals surface area contributed by atoms with Crippen molar-refractivity contribution in [2.45, 2.75) is 13.8 Å². The summed E-state index contributed by atoms with van der Waals surface area (Å²) in [6, 6.07) is 5.02. The van der Waals surface area contributed by atoms with Crippen molar-refractivity contribution in [3.8, 4) is 0 Å². The lowest BCUT2D eigenvalue weighted by atomic mass is 10.2. The smallest absolute Gasteiger partial charge is 0.261 e. The lowest BCUT2D eigenvalue weighted by Gasteiger charge is -2.07. The second-order valence-electron chi connectivity index (χ2n) is 3.75. The van der Waals surface area contributed by atoms with E-state index in [9.17, 15) is 4.79 Å². The van der Waals surface area contributed by atoms with Crippen LogP contribution in [-0.4, -0.2) is 11.1 Å². The predicted molar refractivity (Wildman–Crippen MR) is 70.4 cm³/mol. The van der Waals surface area contributed by atoms with Crippen molar-refractivity contribution >= 4 is 34.8 Å². The van der Waals surface area contributed by atoms with Crippen LogP contribution in [0.3, 0.4) is 0 Å². The van der Waals surface area contributed by atoms with E-state index in [0.29, 0.717) is 32.8 Å². The van der Waals surface area contributed by atoms with Crippen LogP contribution in [0.4, 0.5) is 5.69 Å². The van der Waals surface area contributed by atoms with Gasteiger partial charge >= 0.3 is 0 Å². The summed E-state index contributed by atoms with van der Waals surface area (Å²) in [5.74, 6) is 0.138. The third kappa shape index (κ3) is 2.35. The Balaban J connectivity index is 2.30. The Morgan fingerprint density at radius 3 is 2.67 bits per heavy atom. The molecule has 0 aliphatic carbocycles. The van der Waals surface area contributed by atoms with E-state index >= 15 is 0 Å². The minimum absolute atomic E-state index is 0.305. The van der Waals surface area contributed by atoms with Gasteiger partial charge in [-0.15, -0.1) is 0 Å². The van der Waals surface area contributed by atoms with Crippen molar-refractivity contribution in [2.75, 3.05) is 5.32 Å². The molecular weight excluding hydrogens is 275 g/mol. The second-order valence-corrected chi connectivity index (χ2v) is 4.54. The minimum atomic E-state index is -0.324. The Hall–Kier alpha value is -1.52. The predicted octanol–water partition coefficient (Wildman–Crippen LogP) is 3.85. The largest absolute Gasteiger partial charge is 0.361 e. The van der Waals surface area contributed by atoms with E-state index in [1.54, 1.807) is 32.0 Å². The molecule has 0 unspecified atom stereocenters. The summed E-state index contributed by atoms with van der Waals surface area (Å²) in [6.07, 6.45) is 0. The monoisotopic (exact) mass is 284 g/mol. The molecule has 0 aliphatic rings. The highest BCUT2D eigenvalue weighted by Gasteiger charge is 2.18. The summed E-state index contributed by atoms with van der Waals surface area (Å²) in [7, 11) is 0. The van der Waals surface area contributed by atoms with Gasteiger partial charge in [-0.1, -0.05) is 34.4 Å². The molecule has 0 radical (unpaired) electrons. The van der Waals surface area contributed by atoms with Crippen LogP contribution >= 0.6 is 23.2 Å². The molecule has 1 aromatic carbocycles. The van der Waals surface area contributed by atoms with Gasteiger partial charge in [-0.2, -0.15) is 0 Å². The minimum Gasteiger partial charge on any atom is -0.361 e. The summed E-state index contributed by atoms with van der Waals surface area (Å²) in [5.41, 5.74) is 1.39. The number of anilines is 1. The molecule has 0 aliphatic heterocycles. The molecule has 2 aromatic rings. The number of aryl methyl sites for hydroxylation is 2. The van der Waals surface area contributed by atoms with E-state index in [1.807, 2.05) is 0 Å². The number of carbonyl (C=O) groups is 1. The van der Waals surface area contributed by atoms with E-state index in [0.717, 1.165) is 0 Å². The summed E-state index contributed by atoms with van der Waals surface area (Å²) in [6.45, 7) is 3.37. The molecule has 1 amide bonds. The fourth-order valence-electron chi connectivity index (χ4n) is 1.59. The SMILES string of the molecule is Cc1noc(C)c1C(=O)Nc1cccc(Cl)c1Cl. The van der Waals surface area contributed by atoms with Gasteiger partial charge in [-0.25, -0.2) is 0 Å². The van der Waals surface area contributed by atoms with Gasteiger partial charge in [0.15, 0.2) is 0 Å². The molecule has 18 heavy (non-hydrogen) atoms. The fraction of sp³-hybridized carbons (Fsp3) is 0.167. The molecule has 0 saturated heterocycles. The number of aromatic nitrogens is 1. The Kier molecular flexibility index (Phi) is 3.59. The highest BCUT2D eigenvalue weighted by molar-refractivity contribution is 6.44. The van der Waals surface area contributed by atoms with Gasteiger partial charge in [-0.3, -0.25) is 4.79 Å². The summed E-state index contributed by atoms with van der Waals surface area (Å²) >= 11 is 11.9.